The Morgan fingerprint density at radius 1 is 1.43 bits per heavy atom. The molecule has 0 unspecified atom stereocenters. The Kier molecular flexibility index (Phi) is 3.69. The summed E-state index contributed by atoms with van der Waals surface area (Å²) in [4.78, 5) is 19.6. The second-order valence-corrected chi connectivity index (χ2v) is 6.17. The fourth-order valence-corrected chi connectivity index (χ4v) is 3.38. The third kappa shape index (κ3) is 2.66. The zero-order valence-electron chi connectivity index (χ0n) is 10.9. The summed E-state index contributed by atoms with van der Waals surface area (Å²) in [6.07, 6.45) is 1.67. The summed E-state index contributed by atoms with van der Waals surface area (Å²) in [5.41, 5.74) is 1.72. The molecule has 1 aromatic carbocycles. The highest BCUT2D eigenvalue weighted by Gasteiger charge is 2.17. The molecule has 4 nitrogen and oxygen atoms in total. The van der Waals surface area contributed by atoms with Gasteiger partial charge < -0.3 is 5.32 Å². The molecule has 106 valence electrons. The van der Waals surface area contributed by atoms with Crippen LogP contribution in [0.2, 0.25) is 0 Å². The number of carbonyl (C=O) groups excluding carboxylic acids is 1. The molecule has 0 saturated carbocycles. The van der Waals surface area contributed by atoms with Crippen molar-refractivity contribution < 1.29 is 9.18 Å². The lowest BCUT2D eigenvalue weighted by molar-refractivity contribution is -0.114. The van der Waals surface area contributed by atoms with Gasteiger partial charge >= 0.3 is 0 Å². The van der Waals surface area contributed by atoms with E-state index in [-0.39, 0.29) is 11.4 Å². The number of hydrogen-bond acceptors (Lipinski definition) is 4. The summed E-state index contributed by atoms with van der Waals surface area (Å²) >= 11 is 4.43. The van der Waals surface area contributed by atoms with Gasteiger partial charge in [0, 0.05) is 18.7 Å². The van der Waals surface area contributed by atoms with Crippen LogP contribution in [0.4, 0.5) is 9.52 Å². The van der Waals surface area contributed by atoms with Crippen molar-refractivity contribution in [2.75, 3.05) is 5.32 Å². The van der Waals surface area contributed by atoms with Crippen molar-refractivity contribution in [1.29, 1.82) is 0 Å². The molecule has 2 aromatic heterocycles. The van der Waals surface area contributed by atoms with Crippen molar-refractivity contribution in [2.24, 2.45) is 0 Å². The molecule has 7 heteroatoms. The second-order valence-electron chi connectivity index (χ2n) is 4.31. The molecule has 1 amide bonds. The Bertz CT molecular complexity index is 835. The van der Waals surface area contributed by atoms with Crippen LogP contribution in [0.1, 0.15) is 6.92 Å². The highest BCUT2D eigenvalue weighted by molar-refractivity contribution is 9.10. The minimum atomic E-state index is -0.447. The van der Waals surface area contributed by atoms with Gasteiger partial charge in [0.15, 0.2) is 10.9 Å². The average Bonchev–Trinajstić information content (AvgIpc) is 2.87. The highest BCUT2D eigenvalue weighted by atomic mass is 79.9. The summed E-state index contributed by atoms with van der Waals surface area (Å²) in [6, 6.07) is 7.20. The Morgan fingerprint density at radius 2 is 2.24 bits per heavy atom. The third-order valence-corrected chi connectivity index (χ3v) is 4.37. The van der Waals surface area contributed by atoms with Crippen LogP contribution in [0.15, 0.2) is 34.9 Å². The molecule has 1 N–H and O–H groups in total. The van der Waals surface area contributed by atoms with Crippen LogP contribution in [-0.4, -0.2) is 15.9 Å². The van der Waals surface area contributed by atoms with Crippen LogP contribution in [0.25, 0.3) is 21.5 Å². The first kappa shape index (κ1) is 14.1. The maximum atomic E-state index is 14.2. The van der Waals surface area contributed by atoms with Gasteiger partial charge in [0.2, 0.25) is 5.91 Å². The first-order valence-electron chi connectivity index (χ1n) is 6.04. The fraction of sp³-hybridized carbons (Fsp3) is 0.0714. The number of nitrogens with one attached hydrogen (secondary N) is 1. The number of nitrogens with zero attached hydrogens (tertiary/aromatic N) is 2. The summed E-state index contributed by atoms with van der Waals surface area (Å²) in [7, 11) is 0. The lowest BCUT2D eigenvalue weighted by atomic mass is 10.1. The summed E-state index contributed by atoms with van der Waals surface area (Å²) < 4.78 is 15.2. The van der Waals surface area contributed by atoms with Gasteiger partial charge in [-0.1, -0.05) is 17.4 Å². The molecule has 0 radical (unpaired) electrons. The minimum Gasteiger partial charge on any atom is -0.302 e. The van der Waals surface area contributed by atoms with Crippen molar-refractivity contribution in [3.63, 3.8) is 0 Å². The van der Waals surface area contributed by atoms with Crippen LogP contribution in [0, 0.1) is 5.82 Å². The third-order valence-electron chi connectivity index (χ3n) is 2.78. The molecular weight excluding hydrogens is 357 g/mol. The summed E-state index contributed by atoms with van der Waals surface area (Å²) in [5, 5.41) is 2.95. The average molecular weight is 366 g/mol. The molecule has 21 heavy (non-hydrogen) atoms. The topological polar surface area (TPSA) is 54.9 Å². The quantitative estimate of drug-likeness (QED) is 0.739. The predicted molar refractivity (Wildman–Crippen MR) is 84.8 cm³/mol. The lowest BCUT2D eigenvalue weighted by Gasteiger charge is -2.04. The van der Waals surface area contributed by atoms with Crippen LogP contribution < -0.4 is 5.32 Å². The number of halogens is 2. The molecule has 0 bridgehead atoms. The standard InChI is InChI=1S/C14H9BrFN3OS/c1-7(20)18-14-19-12-11(16)9(15)6-8(13(12)21-14)10-4-2-3-5-17-10/h2-6H,1H3,(H,18,19,20). The zero-order chi connectivity index (χ0) is 15.0. The largest absolute Gasteiger partial charge is 0.302 e. The first-order chi connectivity index (χ1) is 10.1. The van der Waals surface area contributed by atoms with E-state index in [4.69, 9.17) is 0 Å². The van der Waals surface area contributed by atoms with Crippen molar-refractivity contribution in [3.8, 4) is 11.3 Å². The van der Waals surface area contributed by atoms with E-state index in [1.54, 1.807) is 12.3 Å². The number of rotatable bonds is 2. The number of pyridine rings is 1. The van der Waals surface area contributed by atoms with E-state index < -0.39 is 5.82 Å². The van der Waals surface area contributed by atoms with Crippen LogP contribution in [0.5, 0.6) is 0 Å². The fourth-order valence-electron chi connectivity index (χ4n) is 1.94. The monoisotopic (exact) mass is 365 g/mol. The number of benzene rings is 1. The van der Waals surface area contributed by atoms with Gasteiger partial charge in [-0.25, -0.2) is 9.37 Å². The number of aromatic nitrogens is 2. The Morgan fingerprint density at radius 3 is 2.90 bits per heavy atom. The lowest BCUT2D eigenvalue weighted by Crippen LogP contribution is -2.04. The summed E-state index contributed by atoms with van der Waals surface area (Å²) in [5.74, 6) is -0.689. The van der Waals surface area contributed by atoms with Gasteiger partial charge in [0.25, 0.3) is 0 Å². The van der Waals surface area contributed by atoms with Crippen LogP contribution >= 0.6 is 27.3 Å². The van der Waals surface area contributed by atoms with E-state index in [2.05, 4.69) is 31.2 Å². The molecule has 0 atom stereocenters. The molecule has 3 rings (SSSR count). The van der Waals surface area contributed by atoms with Crippen molar-refractivity contribution in [3.05, 3.63) is 40.8 Å². The molecule has 0 fully saturated rings. The van der Waals surface area contributed by atoms with Crippen molar-refractivity contribution in [1.82, 2.24) is 9.97 Å². The maximum Gasteiger partial charge on any atom is 0.223 e. The summed E-state index contributed by atoms with van der Waals surface area (Å²) in [6.45, 7) is 1.39. The number of hydrogen-bond donors (Lipinski definition) is 1. The van der Waals surface area contributed by atoms with E-state index in [9.17, 15) is 9.18 Å². The molecule has 0 spiro atoms. The molecule has 2 heterocycles. The van der Waals surface area contributed by atoms with E-state index in [1.165, 1.54) is 18.3 Å². The van der Waals surface area contributed by atoms with Gasteiger partial charge in [0.1, 0.15) is 5.52 Å². The predicted octanol–water partition coefficient (Wildman–Crippen LogP) is 4.22. The Hall–Kier alpha value is -1.86. The van der Waals surface area contributed by atoms with Gasteiger partial charge in [-0.3, -0.25) is 9.78 Å². The smallest absolute Gasteiger partial charge is 0.223 e. The number of thiazole rings is 1. The number of amides is 1. The van der Waals surface area contributed by atoms with Gasteiger partial charge in [0.05, 0.1) is 14.9 Å². The van der Waals surface area contributed by atoms with E-state index >= 15 is 0 Å². The molecular formula is C14H9BrFN3OS. The number of fused-ring (bicyclic) bond motifs is 1. The Labute approximate surface area is 132 Å². The minimum absolute atomic E-state index is 0.221. The van der Waals surface area contributed by atoms with E-state index in [1.807, 2.05) is 18.2 Å². The van der Waals surface area contributed by atoms with Crippen LogP contribution in [0.3, 0.4) is 0 Å². The molecule has 3 aromatic rings. The Balaban J connectivity index is 2.27. The SMILES string of the molecule is CC(=O)Nc1nc2c(F)c(Br)cc(-c3ccccn3)c2s1. The second kappa shape index (κ2) is 5.50. The molecule has 0 saturated heterocycles. The van der Waals surface area contributed by atoms with Gasteiger partial charge in [-0.05, 0) is 34.1 Å². The van der Waals surface area contributed by atoms with Crippen LogP contribution in [-0.2, 0) is 4.79 Å². The highest BCUT2D eigenvalue weighted by Crippen LogP contribution is 2.38. The molecule has 0 aliphatic heterocycles. The number of carbonyl (C=O) groups is 1. The molecule has 0 aliphatic carbocycles. The van der Waals surface area contributed by atoms with E-state index in [0.717, 1.165) is 11.3 Å². The molecule has 0 aliphatic rings. The van der Waals surface area contributed by atoms with Gasteiger partial charge in [-0.15, -0.1) is 0 Å². The van der Waals surface area contributed by atoms with Gasteiger partial charge in [-0.2, -0.15) is 0 Å². The normalized spacial score (nSPS) is 10.8. The van der Waals surface area contributed by atoms with E-state index in [0.29, 0.717) is 14.3 Å². The van der Waals surface area contributed by atoms with Crippen molar-refractivity contribution >= 4 is 48.5 Å². The number of anilines is 1. The van der Waals surface area contributed by atoms with Crippen molar-refractivity contribution in [2.45, 2.75) is 6.92 Å². The zero-order valence-corrected chi connectivity index (χ0v) is 13.3. The first-order valence-corrected chi connectivity index (χ1v) is 7.64. The maximum absolute atomic E-state index is 14.2.